The SMILES string of the molecule is [2H]c1c(CC(=O)C2(c3ccc4c(c3)OC(F)(F)O4)C([2H])([2H])C2([2H])[2H])c(F)c([2H])c2c1c([2H])c(C(C)(C)CC)n2C([2H])([2H])[C@@]([2H])(O)CO. The first-order chi connectivity index (χ1) is 21.3. The fraction of sp³-hybridized carbons (Fsp3) is 0.464. The van der Waals surface area contributed by atoms with Gasteiger partial charge in [-0.15, -0.1) is 8.78 Å². The molecule has 1 aliphatic carbocycles. The van der Waals surface area contributed by atoms with Crippen LogP contribution in [0.25, 0.3) is 10.9 Å². The Bertz CT molecular complexity index is 1830. The van der Waals surface area contributed by atoms with Crippen molar-refractivity contribution in [3.05, 3.63) is 59.0 Å². The van der Waals surface area contributed by atoms with Gasteiger partial charge >= 0.3 is 6.29 Å². The van der Waals surface area contributed by atoms with Crippen LogP contribution in [-0.2, 0) is 28.5 Å². The van der Waals surface area contributed by atoms with Crippen molar-refractivity contribution in [3.8, 4) is 11.5 Å². The average Bonchev–Trinajstić information content (AvgIpc) is 3.25. The number of ketones is 1. The Kier molecular flexibility index (Phi) is 3.80. The lowest BCUT2D eigenvalue weighted by atomic mass is 9.86. The average molecular weight is 528 g/mol. The topological polar surface area (TPSA) is 80.9 Å². The van der Waals surface area contributed by atoms with Crippen molar-refractivity contribution in [3.63, 3.8) is 0 Å². The first-order valence-electron chi connectivity index (χ1n) is 16.4. The Balaban J connectivity index is 1.74. The molecule has 6 nitrogen and oxygen atoms in total. The molecule has 0 radical (unpaired) electrons. The van der Waals surface area contributed by atoms with Gasteiger partial charge in [0.1, 0.15) is 11.6 Å². The van der Waals surface area contributed by atoms with E-state index in [4.69, 9.17) is 13.7 Å². The van der Waals surface area contributed by atoms with Crippen LogP contribution in [0.15, 0.2) is 36.3 Å². The second-order valence-electron chi connectivity index (χ2n) is 9.46. The van der Waals surface area contributed by atoms with Crippen LogP contribution < -0.4 is 9.47 Å². The molecule has 2 aliphatic rings. The molecule has 0 spiro atoms. The van der Waals surface area contributed by atoms with Gasteiger partial charge in [0.15, 0.2) is 11.5 Å². The Morgan fingerprint density at radius 1 is 1.30 bits per heavy atom. The molecule has 3 aromatic rings. The van der Waals surface area contributed by atoms with Crippen LogP contribution in [0.4, 0.5) is 13.2 Å². The number of hydrogen-bond acceptors (Lipinski definition) is 5. The predicted octanol–water partition coefficient (Wildman–Crippen LogP) is 4.99. The molecule has 0 unspecified atom stereocenters. The summed E-state index contributed by atoms with van der Waals surface area (Å²) in [4.78, 5) is 14.0. The molecule has 1 atom stereocenters. The number of benzene rings is 2. The van der Waals surface area contributed by atoms with Crippen molar-refractivity contribution in [1.82, 2.24) is 4.57 Å². The molecule has 0 amide bonds. The van der Waals surface area contributed by atoms with Crippen molar-refractivity contribution in [1.29, 1.82) is 0 Å². The Hall–Kier alpha value is -3.04. The lowest BCUT2D eigenvalue weighted by molar-refractivity contribution is -0.286. The molecular weight excluding hydrogens is 487 g/mol. The number of alkyl halides is 2. The van der Waals surface area contributed by atoms with Crippen LogP contribution in [0.5, 0.6) is 11.5 Å². The van der Waals surface area contributed by atoms with Crippen LogP contribution >= 0.6 is 0 Å². The monoisotopic (exact) mass is 527 g/mol. The molecule has 0 saturated heterocycles. The van der Waals surface area contributed by atoms with Gasteiger partial charge in [0.05, 0.1) is 38.3 Å². The fourth-order valence-corrected chi connectivity index (χ4v) is 4.07. The number of aliphatic hydroxyl groups excluding tert-OH is 1. The molecule has 1 aliphatic heterocycles. The highest BCUT2D eigenvalue weighted by Crippen LogP contribution is 2.52. The van der Waals surface area contributed by atoms with Gasteiger partial charge in [0.25, 0.3) is 0 Å². The lowest BCUT2D eigenvalue weighted by Gasteiger charge is -2.26. The first kappa shape index (κ1) is 16.0. The third-order valence-electron chi connectivity index (χ3n) is 6.58. The van der Waals surface area contributed by atoms with Gasteiger partial charge in [-0.3, -0.25) is 4.79 Å². The molecule has 198 valence electrons. The Labute approximate surface area is 226 Å². The first-order valence-corrected chi connectivity index (χ1v) is 11.4. The summed E-state index contributed by atoms with van der Waals surface area (Å²) in [7, 11) is 0. The number of aliphatic hydroxyl groups is 2. The smallest absolute Gasteiger partial charge is 0.395 e. The molecule has 5 rings (SSSR count). The molecule has 1 saturated carbocycles. The molecule has 1 aromatic heterocycles. The Morgan fingerprint density at radius 3 is 2.65 bits per heavy atom. The van der Waals surface area contributed by atoms with Gasteiger partial charge < -0.3 is 24.3 Å². The molecule has 2 N–H and O–H groups in total. The quantitative estimate of drug-likeness (QED) is 0.410. The maximum absolute atomic E-state index is 16.2. The van der Waals surface area contributed by atoms with E-state index in [2.05, 4.69) is 9.47 Å². The van der Waals surface area contributed by atoms with E-state index in [-0.39, 0.29) is 12.1 Å². The molecular formula is C28H30F3NO5. The summed E-state index contributed by atoms with van der Waals surface area (Å²) in [5, 5.41) is 19.6. The summed E-state index contributed by atoms with van der Waals surface area (Å²) < 4.78 is 138. The van der Waals surface area contributed by atoms with Crippen molar-refractivity contribution in [2.45, 2.75) is 76.1 Å². The molecule has 9 heteroatoms. The maximum Gasteiger partial charge on any atom is 0.586 e. The minimum Gasteiger partial charge on any atom is -0.395 e. The van der Waals surface area contributed by atoms with E-state index in [1.54, 1.807) is 20.8 Å². The van der Waals surface area contributed by atoms with Crippen LogP contribution in [0, 0.1) is 5.82 Å². The van der Waals surface area contributed by atoms with Crippen LogP contribution in [0.2, 0.25) is 0 Å². The highest BCUT2D eigenvalue weighted by Gasteiger charge is 2.52. The number of carbonyl (C=O) groups is 1. The van der Waals surface area contributed by atoms with E-state index in [9.17, 15) is 23.8 Å². The number of nitrogens with zero attached hydrogens (tertiary/aromatic N) is 1. The second kappa shape index (κ2) is 8.77. The van der Waals surface area contributed by atoms with Gasteiger partial charge in [0, 0.05) is 28.4 Å². The third-order valence-corrected chi connectivity index (χ3v) is 6.58. The zero-order valence-electron chi connectivity index (χ0n) is 30.1. The van der Waals surface area contributed by atoms with Gasteiger partial charge in [-0.1, -0.05) is 26.8 Å². The zero-order chi connectivity index (χ0) is 35.7. The Morgan fingerprint density at radius 2 is 2.00 bits per heavy atom. The molecule has 2 heterocycles. The van der Waals surface area contributed by atoms with Crippen molar-refractivity contribution >= 4 is 16.7 Å². The van der Waals surface area contributed by atoms with Crippen LogP contribution in [0.1, 0.15) is 70.5 Å². The van der Waals surface area contributed by atoms with Gasteiger partial charge in [-0.25, -0.2) is 4.39 Å². The van der Waals surface area contributed by atoms with Crippen molar-refractivity contribution < 1.29 is 51.4 Å². The van der Waals surface area contributed by atoms with Gasteiger partial charge in [-0.2, -0.15) is 0 Å². The largest absolute Gasteiger partial charge is 0.586 e. The minimum absolute atomic E-state index is 0.212. The van der Waals surface area contributed by atoms with E-state index in [1.807, 2.05) is 0 Å². The number of Topliss-reactive ketones (excluding diaryl/α,β-unsaturated/α-hetero) is 1. The number of carbonyl (C=O) groups excluding carboxylic acids is 1. The number of rotatable bonds is 9. The molecule has 37 heavy (non-hydrogen) atoms. The highest BCUT2D eigenvalue weighted by molar-refractivity contribution is 5.95. The highest BCUT2D eigenvalue weighted by atomic mass is 19.3. The van der Waals surface area contributed by atoms with E-state index in [1.165, 1.54) is 0 Å². The normalized spacial score (nSPS) is 26.2. The van der Waals surface area contributed by atoms with Gasteiger partial charge in [-0.05, 0) is 60.6 Å². The molecule has 1 fully saturated rings. The minimum atomic E-state index is -4.08. The summed E-state index contributed by atoms with van der Waals surface area (Å²) >= 11 is 0. The van der Waals surface area contributed by atoms with Crippen molar-refractivity contribution in [2.75, 3.05) is 6.61 Å². The summed E-state index contributed by atoms with van der Waals surface area (Å²) in [6, 6.07) is 0.0716. The van der Waals surface area contributed by atoms with E-state index in [0.29, 0.717) is 4.57 Å². The summed E-state index contributed by atoms with van der Waals surface area (Å²) in [6.45, 7) is 0.0400. The number of halogens is 3. The zero-order valence-corrected chi connectivity index (χ0v) is 20.1. The molecule has 0 bridgehead atoms. The van der Waals surface area contributed by atoms with Crippen LogP contribution in [-0.4, -0.2) is 39.5 Å². The summed E-state index contributed by atoms with van der Waals surface area (Å²) in [6.07, 6.45) is -14.3. The number of hydrogen-bond donors (Lipinski definition) is 2. The number of ether oxygens (including phenoxy) is 2. The van der Waals surface area contributed by atoms with E-state index in [0.717, 1.165) is 18.2 Å². The fourth-order valence-electron chi connectivity index (χ4n) is 4.07. The summed E-state index contributed by atoms with van der Waals surface area (Å²) in [5.74, 6) is -3.99. The van der Waals surface area contributed by atoms with E-state index < -0.39 is 119 Å². The second-order valence-corrected chi connectivity index (χ2v) is 9.46. The molecule has 2 aromatic carbocycles. The summed E-state index contributed by atoms with van der Waals surface area (Å²) in [5.41, 5.74) is -6.15. The van der Waals surface area contributed by atoms with Crippen LogP contribution in [0.3, 0.4) is 0 Å². The van der Waals surface area contributed by atoms with E-state index >= 15 is 4.39 Å². The number of fused-ring (bicyclic) bond motifs is 2. The number of aromatic nitrogens is 1. The third kappa shape index (κ3) is 4.48. The lowest BCUT2D eigenvalue weighted by Crippen LogP contribution is -2.26. The maximum atomic E-state index is 16.2. The predicted molar refractivity (Wildman–Crippen MR) is 131 cm³/mol. The van der Waals surface area contributed by atoms with Gasteiger partial charge in [0.2, 0.25) is 0 Å². The standard InChI is InChI=1S/C28H30F3NO5/c1-4-26(2,3)24-10-17-9-16(20(29)13-21(17)32(24)14-19(34)15-33)11-25(35)27(7-8-27)18-5-6-22-23(12-18)37-28(30,31)36-22/h5-6,9-10,12-13,19,33-34H,4,7-8,11,14-15H2,1-3H3/t19-/m1/s1/i7D2,8D2,9D,10D,13D,14D2,19D. The van der Waals surface area contributed by atoms with Crippen molar-refractivity contribution in [2.24, 2.45) is 0 Å².